The van der Waals surface area contributed by atoms with Gasteiger partial charge in [-0.2, -0.15) is 0 Å². The van der Waals surface area contributed by atoms with Crippen molar-refractivity contribution in [3.05, 3.63) is 84.9 Å². The molecule has 1 aromatic heterocycles. The van der Waals surface area contributed by atoms with Gasteiger partial charge in [0.2, 0.25) is 0 Å². The van der Waals surface area contributed by atoms with Crippen molar-refractivity contribution >= 4 is 5.69 Å². The first-order valence-electron chi connectivity index (χ1n) is 19.0. The zero-order valence-corrected chi connectivity index (χ0v) is 30.7. The summed E-state index contributed by atoms with van der Waals surface area (Å²) in [4.78, 5) is 7.52. The van der Waals surface area contributed by atoms with Crippen LogP contribution < -0.4 is 14.4 Å². The zero-order chi connectivity index (χ0) is 34.5. The van der Waals surface area contributed by atoms with Gasteiger partial charge >= 0.3 is 0 Å². The number of unbranched alkanes of at least 4 members (excludes halogenated alkanes) is 10. The maximum absolute atomic E-state index is 6.42. The fourth-order valence-corrected chi connectivity index (χ4v) is 6.09. The molecule has 5 nitrogen and oxygen atoms in total. The molecule has 0 spiro atoms. The number of pyridine rings is 1. The summed E-state index contributed by atoms with van der Waals surface area (Å²) < 4.78 is 18.4. The van der Waals surface area contributed by atoms with Crippen molar-refractivity contribution in [1.29, 1.82) is 0 Å². The minimum Gasteiger partial charge on any atom is -0.493 e. The standard InChI is InChI=1S/C44H60N2O3/c1-5-8-10-12-14-20-31-48-43-24-18-16-22-39(43)41-34-37(36-26-28-38(29-27-36)46(4)30-33-47-7-3)35-42(45-41)40-23-17-19-25-44(40)49-32-21-15-13-11-9-6-2/h16-19,22-29,34-35H,5-15,20-21,30-33H2,1-4H3. The molecule has 0 amide bonds. The Labute approximate surface area is 297 Å². The Morgan fingerprint density at radius 2 is 1.02 bits per heavy atom. The third-order valence-corrected chi connectivity index (χ3v) is 9.08. The molecule has 0 bridgehead atoms. The fraction of sp³-hybridized carbons (Fsp3) is 0.477. The van der Waals surface area contributed by atoms with Gasteiger partial charge in [0, 0.05) is 37.0 Å². The number of likely N-dealkylation sites (N-methyl/N-ethyl adjacent to an activating group) is 1. The van der Waals surface area contributed by atoms with E-state index in [1.54, 1.807) is 0 Å². The molecular weight excluding hydrogens is 604 g/mol. The third-order valence-electron chi connectivity index (χ3n) is 9.08. The summed E-state index contributed by atoms with van der Waals surface area (Å²) in [5.41, 5.74) is 7.23. The van der Waals surface area contributed by atoms with Crippen molar-refractivity contribution in [3.8, 4) is 45.1 Å². The normalized spacial score (nSPS) is 11.1. The van der Waals surface area contributed by atoms with Crippen LogP contribution in [0.1, 0.15) is 97.8 Å². The Bertz CT molecular complexity index is 1410. The number of aromatic nitrogens is 1. The lowest BCUT2D eigenvalue weighted by Gasteiger charge is -2.20. The minimum absolute atomic E-state index is 0.711. The Balaban J connectivity index is 1.62. The average molecular weight is 665 g/mol. The molecule has 4 rings (SSSR count). The van der Waals surface area contributed by atoms with Crippen molar-refractivity contribution < 1.29 is 14.2 Å². The summed E-state index contributed by atoms with van der Waals surface area (Å²) >= 11 is 0. The van der Waals surface area contributed by atoms with Gasteiger partial charge in [-0.25, -0.2) is 4.98 Å². The van der Waals surface area contributed by atoms with Crippen LogP contribution in [-0.4, -0.2) is 45.0 Å². The van der Waals surface area contributed by atoms with Gasteiger partial charge in [-0.3, -0.25) is 0 Å². The second kappa shape index (κ2) is 22.0. The smallest absolute Gasteiger partial charge is 0.128 e. The number of para-hydroxylation sites is 2. The quantitative estimate of drug-likeness (QED) is 0.0698. The van der Waals surface area contributed by atoms with Gasteiger partial charge in [-0.05, 0) is 79.4 Å². The zero-order valence-electron chi connectivity index (χ0n) is 30.7. The van der Waals surface area contributed by atoms with Gasteiger partial charge in [0.15, 0.2) is 0 Å². The Morgan fingerprint density at radius 1 is 0.531 bits per heavy atom. The first kappa shape index (κ1) is 38.0. The number of hydrogen-bond acceptors (Lipinski definition) is 5. The first-order valence-corrected chi connectivity index (χ1v) is 19.0. The maximum Gasteiger partial charge on any atom is 0.128 e. The maximum atomic E-state index is 6.42. The number of anilines is 1. The molecule has 5 heteroatoms. The predicted octanol–water partition coefficient (Wildman–Crippen LogP) is 12.0. The van der Waals surface area contributed by atoms with Crippen LogP contribution in [0, 0.1) is 0 Å². The molecule has 0 saturated carbocycles. The molecular formula is C44H60N2O3. The molecule has 0 radical (unpaired) electrons. The van der Waals surface area contributed by atoms with Crippen LogP contribution >= 0.6 is 0 Å². The van der Waals surface area contributed by atoms with E-state index in [0.29, 0.717) is 19.8 Å². The van der Waals surface area contributed by atoms with Crippen LogP contribution in [0.5, 0.6) is 11.5 Å². The van der Waals surface area contributed by atoms with Gasteiger partial charge in [0.1, 0.15) is 11.5 Å². The first-order chi connectivity index (χ1) is 24.1. The number of nitrogens with zero attached hydrogens (tertiary/aromatic N) is 2. The van der Waals surface area contributed by atoms with Crippen molar-refractivity contribution in [2.75, 3.05) is 44.9 Å². The van der Waals surface area contributed by atoms with Crippen LogP contribution in [0.2, 0.25) is 0 Å². The van der Waals surface area contributed by atoms with E-state index in [1.807, 2.05) is 6.92 Å². The number of hydrogen-bond donors (Lipinski definition) is 0. The van der Waals surface area contributed by atoms with Crippen molar-refractivity contribution in [2.45, 2.75) is 97.8 Å². The second-order valence-corrected chi connectivity index (χ2v) is 13.0. The largest absolute Gasteiger partial charge is 0.493 e. The summed E-state index contributed by atoms with van der Waals surface area (Å²) in [5, 5.41) is 0. The highest BCUT2D eigenvalue weighted by Gasteiger charge is 2.15. The van der Waals surface area contributed by atoms with E-state index in [0.717, 1.165) is 71.1 Å². The minimum atomic E-state index is 0.711. The van der Waals surface area contributed by atoms with Crippen molar-refractivity contribution in [2.24, 2.45) is 0 Å². The molecule has 3 aromatic carbocycles. The SMILES string of the molecule is CCCCCCCCOc1ccccc1-c1cc(-c2ccc(N(C)CCOCC)cc2)cc(-c2ccccc2OCCCCCCCC)n1. The predicted molar refractivity (Wildman–Crippen MR) is 208 cm³/mol. The molecule has 264 valence electrons. The number of ether oxygens (including phenoxy) is 3. The van der Waals surface area contributed by atoms with Gasteiger partial charge < -0.3 is 19.1 Å². The topological polar surface area (TPSA) is 43.8 Å². The van der Waals surface area contributed by atoms with E-state index in [9.17, 15) is 0 Å². The summed E-state index contributed by atoms with van der Waals surface area (Å²) in [5.74, 6) is 1.76. The molecule has 0 aliphatic carbocycles. The summed E-state index contributed by atoms with van der Waals surface area (Å²) in [6.45, 7) is 10.3. The van der Waals surface area contributed by atoms with Gasteiger partial charge in [0.25, 0.3) is 0 Å². The Kier molecular flexibility index (Phi) is 17.1. The molecule has 0 N–H and O–H groups in total. The van der Waals surface area contributed by atoms with Crippen molar-refractivity contribution in [1.82, 2.24) is 4.98 Å². The van der Waals surface area contributed by atoms with E-state index in [4.69, 9.17) is 19.2 Å². The number of benzene rings is 3. The van der Waals surface area contributed by atoms with Crippen LogP contribution in [0.4, 0.5) is 5.69 Å². The lowest BCUT2D eigenvalue weighted by Crippen LogP contribution is -2.22. The summed E-state index contributed by atoms with van der Waals surface area (Å²) in [6, 6.07) is 29.9. The summed E-state index contributed by atoms with van der Waals surface area (Å²) in [6.07, 6.45) is 14.8. The van der Waals surface area contributed by atoms with Crippen LogP contribution in [0.15, 0.2) is 84.9 Å². The Hall–Kier alpha value is -3.83. The second-order valence-electron chi connectivity index (χ2n) is 13.0. The van der Waals surface area contributed by atoms with E-state index in [2.05, 4.69) is 111 Å². The third kappa shape index (κ3) is 12.5. The molecule has 49 heavy (non-hydrogen) atoms. The lowest BCUT2D eigenvalue weighted by molar-refractivity contribution is 0.154. The van der Waals surface area contributed by atoms with E-state index in [-0.39, 0.29) is 0 Å². The highest BCUT2D eigenvalue weighted by Crippen LogP contribution is 2.37. The molecule has 0 unspecified atom stereocenters. The molecule has 0 atom stereocenters. The highest BCUT2D eigenvalue weighted by atomic mass is 16.5. The van der Waals surface area contributed by atoms with Gasteiger partial charge in [-0.15, -0.1) is 0 Å². The molecule has 1 heterocycles. The fourth-order valence-electron chi connectivity index (χ4n) is 6.09. The highest BCUT2D eigenvalue weighted by molar-refractivity contribution is 5.80. The van der Waals surface area contributed by atoms with Crippen LogP contribution in [-0.2, 0) is 4.74 Å². The van der Waals surface area contributed by atoms with Crippen LogP contribution in [0.3, 0.4) is 0 Å². The van der Waals surface area contributed by atoms with E-state index < -0.39 is 0 Å². The molecule has 4 aromatic rings. The Morgan fingerprint density at radius 3 is 1.53 bits per heavy atom. The van der Waals surface area contributed by atoms with Gasteiger partial charge in [-0.1, -0.05) is 114 Å². The van der Waals surface area contributed by atoms with Crippen molar-refractivity contribution in [3.63, 3.8) is 0 Å². The summed E-state index contributed by atoms with van der Waals surface area (Å²) in [7, 11) is 2.11. The van der Waals surface area contributed by atoms with Crippen LogP contribution in [0.25, 0.3) is 33.6 Å². The van der Waals surface area contributed by atoms with E-state index >= 15 is 0 Å². The molecule has 0 fully saturated rings. The van der Waals surface area contributed by atoms with Gasteiger partial charge in [0.05, 0.1) is 31.2 Å². The molecule has 0 aliphatic rings. The average Bonchev–Trinajstić information content (AvgIpc) is 3.14. The molecule has 0 aliphatic heterocycles. The number of rotatable bonds is 24. The molecule has 0 saturated heterocycles. The lowest BCUT2D eigenvalue weighted by atomic mass is 9.99. The van der Waals surface area contributed by atoms with E-state index in [1.165, 1.54) is 69.9 Å². The monoisotopic (exact) mass is 664 g/mol.